The van der Waals surface area contributed by atoms with E-state index in [4.69, 9.17) is 10.7 Å². The Labute approximate surface area is 163 Å². The molecule has 0 unspecified atom stereocenters. The Balaban J connectivity index is 1.86. The summed E-state index contributed by atoms with van der Waals surface area (Å²) in [5, 5.41) is 3.49. The molecule has 1 fully saturated rings. The average molecular weight is 368 g/mol. The number of aromatic nitrogens is 2. The van der Waals surface area contributed by atoms with Crippen LogP contribution in [-0.2, 0) is 5.41 Å². The summed E-state index contributed by atoms with van der Waals surface area (Å²) in [7, 11) is 0. The number of anilines is 3. The van der Waals surface area contributed by atoms with Crippen molar-refractivity contribution in [3.05, 3.63) is 41.6 Å². The van der Waals surface area contributed by atoms with E-state index in [0.29, 0.717) is 5.92 Å². The van der Waals surface area contributed by atoms with Gasteiger partial charge in [0.15, 0.2) is 0 Å². The largest absolute Gasteiger partial charge is 0.340 e. The predicted octanol–water partition coefficient (Wildman–Crippen LogP) is 4.57. The quantitative estimate of drug-likeness (QED) is 0.828. The van der Waals surface area contributed by atoms with Gasteiger partial charge in [0.05, 0.1) is 0 Å². The summed E-state index contributed by atoms with van der Waals surface area (Å²) in [5.74, 6) is 2.05. The van der Waals surface area contributed by atoms with Crippen LogP contribution < -0.4 is 16.0 Å². The van der Waals surface area contributed by atoms with Crippen LogP contribution in [0.1, 0.15) is 64.5 Å². The Morgan fingerprint density at radius 2 is 2.00 bits per heavy atom. The molecule has 3 rings (SSSR count). The van der Waals surface area contributed by atoms with Gasteiger partial charge >= 0.3 is 0 Å². The SMILES string of the molecule is CC(C)c1cc(Nc2ccnc(N3CCC[C@H](N)C3)n2)cc(C(C)(C)C)c1. The highest BCUT2D eigenvalue weighted by molar-refractivity contribution is 5.60. The fourth-order valence-corrected chi connectivity index (χ4v) is 3.40. The smallest absolute Gasteiger partial charge is 0.227 e. The number of nitrogens with zero attached hydrogens (tertiary/aromatic N) is 3. The topological polar surface area (TPSA) is 67.1 Å². The van der Waals surface area contributed by atoms with Gasteiger partial charge in [0.2, 0.25) is 5.95 Å². The molecule has 146 valence electrons. The van der Waals surface area contributed by atoms with E-state index in [2.05, 4.69) is 68.0 Å². The number of nitrogens with one attached hydrogen (secondary N) is 1. The zero-order valence-electron chi connectivity index (χ0n) is 17.3. The second kappa shape index (κ2) is 7.85. The van der Waals surface area contributed by atoms with Crippen molar-refractivity contribution in [2.45, 2.75) is 64.8 Å². The maximum atomic E-state index is 6.11. The van der Waals surface area contributed by atoms with Crippen LogP contribution in [0.2, 0.25) is 0 Å². The Morgan fingerprint density at radius 1 is 1.22 bits per heavy atom. The number of nitrogens with two attached hydrogens (primary N) is 1. The minimum absolute atomic E-state index is 0.0993. The number of hydrogen-bond acceptors (Lipinski definition) is 5. The molecule has 5 nitrogen and oxygen atoms in total. The summed E-state index contributed by atoms with van der Waals surface area (Å²) in [5.41, 5.74) is 9.95. The van der Waals surface area contributed by atoms with E-state index < -0.39 is 0 Å². The second-order valence-corrected chi connectivity index (χ2v) is 8.96. The lowest BCUT2D eigenvalue weighted by Gasteiger charge is -2.30. The van der Waals surface area contributed by atoms with Gasteiger partial charge < -0.3 is 16.0 Å². The van der Waals surface area contributed by atoms with Crippen LogP contribution in [0.5, 0.6) is 0 Å². The van der Waals surface area contributed by atoms with Crippen molar-refractivity contribution in [3.8, 4) is 0 Å². The van der Waals surface area contributed by atoms with Crippen LogP contribution in [0.4, 0.5) is 17.5 Å². The molecule has 1 atom stereocenters. The van der Waals surface area contributed by atoms with Crippen molar-refractivity contribution in [2.24, 2.45) is 5.73 Å². The third-order valence-electron chi connectivity index (χ3n) is 5.14. The summed E-state index contributed by atoms with van der Waals surface area (Å²) in [4.78, 5) is 11.4. The Bertz CT molecular complexity index is 779. The van der Waals surface area contributed by atoms with Gasteiger partial charge in [0, 0.05) is 31.0 Å². The molecule has 1 aromatic heterocycles. The van der Waals surface area contributed by atoms with Crippen molar-refractivity contribution in [2.75, 3.05) is 23.3 Å². The molecule has 27 heavy (non-hydrogen) atoms. The van der Waals surface area contributed by atoms with E-state index in [1.807, 2.05) is 12.3 Å². The lowest BCUT2D eigenvalue weighted by Crippen LogP contribution is -2.43. The first-order chi connectivity index (χ1) is 12.7. The van der Waals surface area contributed by atoms with Crippen LogP contribution in [-0.4, -0.2) is 29.1 Å². The van der Waals surface area contributed by atoms with Gasteiger partial charge in [-0.2, -0.15) is 4.98 Å². The molecule has 0 radical (unpaired) electrons. The molecule has 1 saturated heterocycles. The van der Waals surface area contributed by atoms with Crippen molar-refractivity contribution in [3.63, 3.8) is 0 Å². The zero-order chi connectivity index (χ0) is 19.6. The Hall–Kier alpha value is -2.14. The summed E-state index contributed by atoms with van der Waals surface area (Å²) in [6.07, 6.45) is 3.99. The van der Waals surface area contributed by atoms with E-state index >= 15 is 0 Å². The minimum atomic E-state index is 0.0993. The van der Waals surface area contributed by atoms with Crippen LogP contribution in [0.3, 0.4) is 0 Å². The first-order valence-corrected chi connectivity index (χ1v) is 9.98. The van der Waals surface area contributed by atoms with Crippen LogP contribution in [0.15, 0.2) is 30.5 Å². The van der Waals surface area contributed by atoms with Crippen LogP contribution in [0, 0.1) is 0 Å². The van der Waals surface area contributed by atoms with E-state index in [-0.39, 0.29) is 11.5 Å². The number of hydrogen-bond donors (Lipinski definition) is 2. The van der Waals surface area contributed by atoms with Crippen LogP contribution in [0.25, 0.3) is 0 Å². The van der Waals surface area contributed by atoms with Crippen molar-refractivity contribution < 1.29 is 0 Å². The number of piperidine rings is 1. The fourth-order valence-electron chi connectivity index (χ4n) is 3.40. The van der Waals surface area contributed by atoms with E-state index in [0.717, 1.165) is 43.4 Å². The maximum Gasteiger partial charge on any atom is 0.227 e. The summed E-state index contributed by atoms with van der Waals surface area (Å²) >= 11 is 0. The number of benzene rings is 1. The van der Waals surface area contributed by atoms with Gasteiger partial charge in [-0.05, 0) is 53.5 Å². The molecule has 0 bridgehead atoms. The third-order valence-corrected chi connectivity index (χ3v) is 5.14. The molecule has 5 heteroatoms. The van der Waals surface area contributed by atoms with E-state index in [1.54, 1.807) is 0 Å². The van der Waals surface area contributed by atoms with E-state index in [9.17, 15) is 0 Å². The molecule has 2 aromatic rings. The first kappa shape index (κ1) is 19.6. The fraction of sp³-hybridized carbons (Fsp3) is 0.545. The highest BCUT2D eigenvalue weighted by atomic mass is 15.3. The molecule has 0 aliphatic carbocycles. The lowest BCUT2D eigenvalue weighted by atomic mass is 9.84. The monoisotopic (exact) mass is 367 g/mol. The molecule has 0 spiro atoms. The summed E-state index contributed by atoms with van der Waals surface area (Å²) in [6.45, 7) is 13.0. The normalized spacial score (nSPS) is 18.0. The standard InChI is InChI=1S/C22H33N5/c1-15(2)16-11-17(22(3,4)5)13-19(12-16)25-20-8-9-24-21(26-20)27-10-6-7-18(23)14-27/h8-9,11-13,15,18H,6-7,10,14,23H2,1-5H3,(H,24,25,26)/t18-/m0/s1. The molecule has 0 amide bonds. The van der Waals surface area contributed by atoms with Gasteiger partial charge in [0.25, 0.3) is 0 Å². The third kappa shape index (κ3) is 4.98. The molecule has 1 aliphatic heterocycles. The van der Waals surface area contributed by atoms with Crippen molar-refractivity contribution >= 4 is 17.5 Å². The van der Waals surface area contributed by atoms with Gasteiger partial charge in [-0.15, -0.1) is 0 Å². The highest BCUT2D eigenvalue weighted by Crippen LogP contribution is 2.30. The number of rotatable bonds is 4. The summed E-state index contributed by atoms with van der Waals surface area (Å²) in [6, 6.07) is 8.89. The Kier molecular flexibility index (Phi) is 5.70. The molecule has 1 aromatic carbocycles. The summed E-state index contributed by atoms with van der Waals surface area (Å²) < 4.78 is 0. The van der Waals surface area contributed by atoms with Crippen LogP contribution >= 0.6 is 0 Å². The lowest BCUT2D eigenvalue weighted by molar-refractivity contribution is 0.500. The maximum absolute atomic E-state index is 6.11. The first-order valence-electron chi connectivity index (χ1n) is 9.98. The molecule has 0 saturated carbocycles. The molecular formula is C22H33N5. The van der Waals surface area contributed by atoms with Gasteiger partial charge in [-0.1, -0.05) is 40.7 Å². The van der Waals surface area contributed by atoms with Crippen molar-refractivity contribution in [1.82, 2.24) is 9.97 Å². The van der Waals surface area contributed by atoms with Gasteiger partial charge in [-0.3, -0.25) is 0 Å². The second-order valence-electron chi connectivity index (χ2n) is 8.96. The Morgan fingerprint density at radius 3 is 2.67 bits per heavy atom. The predicted molar refractivity (Wildman–Crippen MR) is 114 cm³/mol. The average Bonchev–Trinajstić information content (AvgIpc) is 2.61. The van der Waals surface area contributed by atoms with Crippen molar-refractivity contribution in [1.29, 1.82) is 0 Å². The molecule has 3 N–H and O–H groups in total. The minimum Gasteiger partial charge on any atom is -0.340 e. The highest BCUT2D eigenvalue weighted by Gasteiger charge is 2.20. The van der Waals surface area contributed by atoms with E-state index in [1.165, 1.54) is 11.1 Å². The molecule has 1 aliphatic rings. The van der Waals surface area contributed by atoms with Gasteiger partial charge in [-0.25, -0.2) is 4.98 Å². The molecule has 2 heterocycles. The zero-order valence-corrected chi connectivity index (χ0v) is 17.3. The van der Waals surface area contributed by atoms with Gasteiger partial charge in [0.1, 0.15) is 5.82 Å². The molecular weight excluding hydrogens is 334 g/mol.